The Hall–Kier alpha value is -6.38. The van der Waals surface area contributed by atoms with E-state index in [1.807, 2.05) is 24.4 Å². The Labute approximate surface area is 279 Å². The summed E-state index contributed by atoms with van der Waals surface area (Å²) >= 11 is 0. The summed E-state index contributed by atoms with van der Waals surface area (Å²) in [7, 11) is 0. The lowest BCUT2D eigenvalue weighted by Gasteiger charge is -2.16. The van der Waals surface area contributed by atoms with Crippen molar-refractivity contribution in [3.05, 3.63) is 182 Å². The van der Waals surface area contributed by atoms with Crippen LogP contribution in [0.25, 0.3) is 88.3 Å². The predicted octanol–water partition coefficient (Wildman–Crippen LogP) is 12.3. The molecule has 2 aromatic heterocycles. The number of benzene rings is 7. The molecule has 0 saturated carbocycles. The van der Waals surface area contributed by atoms with Crippen LogP contribution in [0, 0.1) is 0 Å². The van der Waals surface area contributed by atoms with E-state index < -0.39 is 0 Å². The highest BCUT2D eigenvalue weighted by atomic mass is 14.7. The van der Waals surface area contributed by atoms with Crippen LogP contribution in [-0.2, 0) is 0 Å². The van der Waals surface area contributed by atoms with E-state index in [2.05, 4.69) is 163 Å². The second-order valence-corrected chi connectivity index (χ2v) is 12.3. The van der Waals surface area contributed by atoms with Crippen LogP contribution in [0.2, 0.25) is 0 Å². The van der Waals surface area contributed by atoms with Crippen LogP contribution in [0.15, 0.2) is 182 Å². The summed E-state index contributed by atoms with van der Waals surface area (Å²) < 4.78 is 0. The Bertz CT molecular complexity index is 2550. The van der Waals surface area contributed by atoms with Crippen molar-refractivity contribution >= 4 is 32.4 Å². The molecule has 224 valence electrons. The van der Waals surface area contributed by atoms with Gasteiger partial charge in [0.05, 0.1) is 16.9 Å². The molecule has 0 fully saturated rings. The SMILES string of the molecule is c1ccc(-c2cc(-c3cc(-c4ccc5cccnc5c4)cc(-c4cc5ccccc5c5ccccc45)c3)cc(-c3ccccc3)n2)cc1. The molecule has 0 unspecified atom stereocenters. The first-order valence-electron chi connectivity index (χ1n) is 16.3. The van der Waals surface area contributed by atoms with Crippen molar-refractivity contribution in [2.24, 2.45) is 0 Å². The molecule has 0 amide bonds. The molecule has 0 N–H and O–H groups in total. The number of rotatable bonds is 5. The van der Waals surface area contributed by atoms with E-state index in [1.165, 1.54) is 32.7 Å². The van der Waals surface area contributed by atoms with E-state index in [0.29, 0.717) is 0 Å². The largest absolute Gasteiger partial charge is 0.256 e. The number of hydrogen-bond acceptors (Lipinski definition) is 2. The zero-order chi connectivity index (χ0) is 31.9. The number of pyridine rings is 2. The normalized spacial score (nSPS) is 11.3. The van der Waals surface area contributed by atoms with E-state index in [-0.39, 0.29) is 0 Å². The van der Waals surface area contributed by atoms with Crippen LogP contribution in [0.3, 0.4) is 0 Å². The number of fused-ring (bicyclic) bond motifs is 4. The van der Waals surface area contributed by atoms with E-state index in [9.17, 15) is 0 Å². The van der Waals surface area contributed by atoms with Crippen LogP contribution in [-0.4, -0.2) is 9.97 Å². The zero-order valence-corrected chi connectivity index (χ0v) is 26.2. The van der Waals surface area contributed by atoms with Gasteiger partial charge in [0.15, 0.2) is 0 Å². The maximum atomic E-state index is 5.16. The van der Waals surface area contributed by atoms with Crippen LogP contribution < -0.4 is 0 Å². The summed E-state index contributed by atoms with van der Waals surface area (Å²) in [6, 6.07) is 62.8. The Morgan fingerprint density at radius 3 is 1.60 bits per heavy atom. The van der Waals surface area contributed by atoms with E-state index in [4.69, 9.17) is 4.98 Å². The second-order valence-electron chi connectivity index (χ2n) is 12.3. The molecular formula is C46H30N2. The predicted molar refractivity (Wildman–Crippen MR) is 202 cm³/mol. The van der Waals surface area contributed by atoms with Gasteiger partial charge in [0.25, 0.3) is 0 Å². The van der Waals surface area contributed by atoms with Gasteiger partial charge in [-0.15, -0.1) is 0 Å². The maximum absolute atomic E-state index is 5.16. The van der Waals surface area contributed by atoms with Crippen molar-refractivity contribution in [3.63, 3.8) is 0 Å². The minimum atomic E-state index is 0.949. The molecule has 2 nitrogen and oxygen atoms in total. The van der Waals surface area contributed by atoms with Gasteiger partial charge in [0, 0.05) is 22.7 Å². The van der Waals surface area contributed by atoms with E-state index >= 15 is 0 Å². The molecule has 48 heavy (non-hydrogen) atoms. The quantitative estimate of drug-likeness (QED) is 0.181. The minimum Gasteiger partial charge on any atom is -0.256 e. The number of hydrogen-bond donors (Lipinski definition) is 0. The summed E-state index contributed by atoms with van der Waals surface area (Å²) in [5.74, 6) is 0. The van der Waals surface area contributed by atoms with Gasteiger partial charge in [0.1, 0.15) is 0 Å². The van der Waals surface area contributed by atoms with Crippen LogP contribution in [0.5, 0.6) is 0 Å². The highest BCUT2D eigenvalue weighted by Crippen LogP contribution is 2.40. The first kappa shape index (κ1) is 27.9. The maximum Gasteiger partial charge on any atom is 0.0715 e. The molecule has 0 bridgehead atoms. The summed E-state index contributed by atoms with van der Waals surface area (Å²) in [4.78, 5) is 9.85. The third-order valence-electron chi connectivity index (χ3n) is 9.25. The van der Waals surface area contributed by atoms with Gasteiger partial charge >= 0.3 is 0 Å². The molecule has 2 heteroatoms. The third kappa shape index (κ3) is 5.10. The van der Waals surface area contributed by atoms with Crippen LogP contribution in [0.4, 0.5) is 0 Å². The summed E-state index contributed by atoms with van der Waals surface area (Å²) in [5, 5.41) is 6.13. The Morgan fingerprint density at radius 2 is 0.875 bits per heavy atom. The molecule has 0 radical (unpaired) electrons. The average molecular weight is 611 g/mol. The highest BCUT2D eigenvalue weighted by Gasteiger charge is 2.15. The van der Waals surface area contributed by atoms with Gasteiger partial charge in [-0.25, -0.2) is 4.98 Å². The molecule has 0 atom stereocenters. The second kappa shape index (κ2) is 11.8. The Kier molecular flexibility index (Phi) is 6.84. The van der Waals surface area contributed by atoms with Gasteiger partial charge in [-0.2, -0.15) is 0 Å². The lowest BCUT2D eigenvalue weighted by Crippen LogP contribution is -1.93. The molecule has 9 rings (SSSR count). The van der Waals surface area contributed by atoms with Gasteiger partial charge < -0.3 is 0 Å². The van der Waals surface area contributed by atoms with Crippen molar-refractivity contribution in [1.82, 2.24) is 9.97 Å². The summed E-state index contributed by atoms with van der Waals surface area (Å²) in [6.07, 6.45) is 1.86. The molecule has 0 spiro atoms. The summed E-state index contributed by atoms with van der Waals surface area (Å²) in [6.45, 7) is 0. The number of nitrogens with zero attached hydrogens (tertiary/aromatic N) is 2. The van der Waals surface area contributed by atoms with Crippen molar-refractivity contribution in [2.45, 2.75) is 0 Å². The van der Waals surface area contributed by atoms with Gasteiger partial charge in [0.2, 0.25) is 0 Å². The van der Waals surface area contributed by atoms with E-state index in [0.717, 1.165) is 55.7 Å². The number of aromatic nitrogens is 2. The molecule has 0 aliphatic heterocycles. The molecule has 2 heterocycles. The fourth-order valence-corrected chi connectivity index (χ4v) is 6.87. The van der Waals surface area contributed by atoms with E-state index in [1.54, 1.807) is 0 Å². The zero-order valence-electron chi connectivity index (χ0n) is 26.2. The first-order valence-corrected chi connectivity index (χ1v) is 16.3. The fourth-order valence-electron chi connectivity index (χ4n) is 6.87. The first-order chi connectivity index (χ1) is 23.8. The average Bonchev–Trinajstić information content (AvgIpc) is 3.17. The Balaban J connectivity index is 1.33. The monoisotopic (exact) mass is 610 g/mol. The Morgan fingerprint density at radius 1 is 0.312 bits per heavy atom. The van der Waals surface area contributed by atoms with Crippen LogP contribution in [0.1, 0.15) is 0 Å². The van der Waals surface area contributed by atoms with Crippen molar-refractivity contribution in [2.75, 3.05) is 0 Å². The fraction of sp³-hybridized carbons (Fsp3) is 0. The minimum absolute atomic E-state index is 0.949. The van der Waals surface area contributed by atoms with Crippen molar-refractivity contribution in [3.8, 4) is 55.9 Å². The molecule has 9 aromatic rings. The van der Waals surface area contributed by atoms with Gasteiger partial charge in [-0.1, -0.05) is 127 Å². The van der Waals surface area contributed by atoms with Crippen LogP contribution >= 0.6 is 0 Å². The highest BCUT2D eigenvalue weighted by molar-refractivity contribution is 6.14. The molecule has 0 aliphatic rings. The topological polar surface area (TPSA) is 25.8 Å². The molecule has 0 aliphatic carbocycles. The summed E-state index contributed by atoms with van der Waals surface area (Å²) in [5.41, 5.74) is 12.0. The smallest absolute Gasteiger partial charge is 0.0715 e. The molecular weight excluding hydrogens is 581 g/mol. The standard InChI is InChI=1S/C46H30N2/c1-3-12-31(13-4-1)45-29-38(30-46(48-45)32-14-5-2-6-15-32)37-24-36(34-22-21-33-17-11-23-47-44(33)28-34)25-39(26-37)43-27-35-16-7-8-18-40(35)41-19-9-10-20-42(41)43/h1-30H. The molecule has 7 aromatic carbocycles. The third-order valence-corrected chi connectivity index (χ3v) is 9.25. The van der Waals surface area contributed by atoms with Crippen molar-refractivity contribution < 1.29 is 0 Å². The van der Waals surface area contributed by atoms with Gasteiger partial charge in [-0.05, 0) is 103 Å². The van der Waals surface area contributed by atoms with Gasteiger partial charge in [-0.3, -0.25) is 4.98 Å². The lowest BCUT2D eigenvalue weighted by atomic mass is 9.89. The lowest BCUT2D eigenvalue weighted by molar-refractivity contribution is 1.32. The van der Waals surface area contributed by atoms with Crippen molar-refractivity contribution in [1.29, 1.82) is 0 Å². The molecule has 0 saturated heterocycles.